The van der Waals surface area contributed by atoms with Crippen LogP contribution in [0.5, 0.6) is 0 Å². The van der Waals surface area contributed by atoms with Crippen LogP contribution in [-0.4, -0.2) is 11.6 Å². The average Bonchev–Trinajstić information content (AvgIpc) is 2.63. The van der Waals surface area contributed by atoms with E-state index in [1.807, 2.05) is 6.08 Å². The summed E-state index contributed by atoms with van der Waals surface area (Å²) < 4.78 is 0. The van der Waals surface area contributed by atoms with Crippen LogP contribution in [0.1, 0.15) is 0 Å². The first kappa shape index (κ1) is 8.10. The third-order valence-corrected chi connectivity index (χ3v) is 2.61. The Balaban J connectivity index is 2.18. The largest absolute Gasteiger partial charge is 0.383 e. The van der Waals surface area contributed by atoms with E-state index in [9.17, 15) is 4.79 Å². The van der Waals surface area contributed by atoms with Crippen LogP contribution in [0.3, 0.4) is 0 Å². The van der Waals surface area contributed by atoms with Crippen molar-refractivity contribution in [3.05, 3.63) is 35.3 Å². The first-order valence-electron chi connectivity index (χ1n) is 4.55. The maximum Gasteiger partial charge on any atom is 0.266 e. The minimum absolute atomic E-state index is 0.162. The minimum Gasteiger partial charge on any atom is -0.383 e. The van der Waals surface area contributed by atoms with Crippen molar-refractivity contribution < 1.29 is 4.79 Å². The van der Waals surface area contributed by atoms with Gasteiger partial charge in [0, 0.05) is 5.57 Å². The van der Waals surface area contributed by atoms with Crippen LogP contribution in [-0.2, 0) is 4.79 Å². The summed E-state index contributed by atoms with van der Waals surface area (Å²) in [5.41, 5.74) is 15.9. The molecule has 15 heavy (non-hydrogen) atoms. The Kier molecular flexibility index (Phi) is 1.42. The van der Waals surface area contributed by atoms with E-state index in [1.54, 1.807) is 12.2 Å². The van der Waals surface area contributed by atoms with E-state index >= 15 is 0 Å². The van der Waals surface area contributed by atoms with Crippen molar-refractivity contribution in [1.29, 1.82) is 0 Å². The van der Waals surface area contributed by atoms with Gasteiger partial charge in [0.1, 0.15) is 5.82 Å². The number of hydrazone groups is 1. The monoisotopic (exact) mass is 203 g/mol. The van der Waals surface area contributed by atoms with Crippen LogP contribution < -0.4 is 22.0 Å². The molecule has 0 radical (unpaired) electrons. The molecule has 2 heterocycles. The van der Waals surface area contributed by atoms with Crippen molar-refractivity contribution in [2.75, 3.05) is 0 Å². The number of nitrogens with one attached hydrogen (secondary N) is 3. The maximum atomic E-state index is 11.7. The molecular weight excluding hydrogens is 194 g/mol. The summed E-state index contributed by atoms with van der Waals surface area (Å²) in [6.07, 6.45) is 5.43. The van der Waals surface area contributed by atoms with E-state index in [0.29, 0.717) is 11.4 Å². The molecule has 0 spiro atoms. The van der Waals surface area contributed by atoms with E-state index in [1.165, 1.54) is 0 Å². The molecule has 2 aliphatic heterocycles. The molecule has 1 atom stereocenters. The van der Waals surface area contributed by atoms with Crippen molar-refractivity contribution in [3.8, 4) is 0 Å². The normalized spacial score (nSPS) is 26.9. The lowest BCUT2D eigenvalue weighted by molar-refractivity contribution is -0.118. The van der Waals surface area contributed by atoms with Gasteiger partial charge in [-0.25, -0.2) is 0 Å². The number of nitrogens with zero attached hydrogens (tertiary/aromatic N) is 1. The molecule has 0 fully saturated rings. The van der Waals surface area contributed by atoms with E-state index in [0.717, 1.165) is 11.4 Å². The van der Waals surface area contributed by atoms with E-state index in [-0.39, 0.29) is 11.8 Å². The molecule has 0 aromatic carbocycles. The van der Waals surface area contributed by atoms with Crippen LogP contribution in [0.4, 0.5) is 0 Å². The second kappa shape index (κ2) is 2.63. The van der Waals surface area contributed by atoms with Gasteiger partial charge in [0.25, 0.3) is 5.91 Å². The Morgan fingerprint density at radius 1 is 1.40 bits per heavy atom. The molecule has 6 nitrogen and oxygen atoms in total. The number of amides is 1. The SMILES string of the molecule is NC1=C2NN=C3C=CC=C(C(=O)NN1)C32. The highest BCUT2D eigenvalue weighted by atomic mass is 16.2. The quantitative estimate of drug-likeness (QED) is 0.399. The maximum absolute atomic E-state index is 11.7. The Labute approximate surface area is 85.6 Å². The van der Waals surface area contributed by atoms with Gasteiger partial charge < -0.3 is 5.73 Å². The number of hydrogen-bond donors (Lipinski definition) is 4. The van der Waals surface area contributed by atoms with Crippen LogP contribution >= 0.6 is 0 Å². The Hall–Kier alpha value is -2.24. The number of rotatable bonds is 0. The molecule has 76 valence electrons. The third kappa shape index (κ3) is 0.983. The highest BCUT2D eigenvalue weighted by molar-refractivity contribution is 6.11. The smallest absolute Gasteiger partial charge is 0.266 e. The predicted molar refractivity (Wildman–Crippen MR) is 53.8 cm³/mol. The zero-order chi connectivity index (χ0) is 10.4. The summed E-state index contributed by atoms with van der Waals surface area (Å²) in [6.45, 7) is 0. The van der Waals surface area contributed by atoms with Crippen molar-refractivity contribution in [1.82, 2.24) is 16.3 Å². The van der Waals surface area contributed by atoms with Gasteiger partial charge in [-0.05, 0) is 6.08 Å². The Bertz CT molecular complexity index is 471. The molecule has 5 N–H and O–H groups in total. The summed E-state index contributed by atoms with van der Waals surface area (Å²) in [5.74, 6) is 0.0505. The lowest BCUT2D eigenvalue weighted by Crippen LogP contribution is -2.39. The first-order valence-corrected chi connectivity index (χ1v) is 4.55. The molecule has 3 rings (SSSR count). The molecule has 1 aliphatic carbocycles. The summed E-state index contributed by atoms with van der Waals surface area (Å²) in [5, 5.41) is 4.11. The third-order valence-electron chi connectivity index (χ3n) is 2.61. The number of allylic oxidation sites excluding steroid dienone is 4. The van der Waals surface area contributed by atoms with Crippen LogP contribution in [0.25, 0.3) is 0 Å². The van der Waals surface area contributed by atoms with Crippen molar-refractivity contribution in [3.63, 3.8) is 0 Å². The fourth-order valence-electron chi connectivity index (χ4n) is 1.88. The fraction of sp³-hybridized carbons (Fsp3) is 0.111. The van der Waals surface area contributed by atoms with Gasteiger partial charge in [0.2, 0.25) is 0 Å². The molecule has 1 amide bonds. The molecule has 1 unspecified atom stereocenters. The summed E-state index contributed by atoms with van der Waals surface area (Å²) in [6, 6.07) is 0. The lowest BCUT2D eigenvalue weighted by Gasteiger charge is -2.14. The lowest BCUT2D eigenvalue weighted by atomic mass is 9.88. The Morgan fingerprint density at radius 2 is 2.27 bits per heavy atom. The first-order chi connectivity index (χ1) is 7.27. The molecule has 0 saturated heterocycles. The van der Waals surface area contributed by atoms with E-state index < -0.39 is 0 Å². The summed E-state index contributed by atoms with van der Waals surface area (Å²) in [7, 11) is 0. The molecular formula is C9H9N5O. The highest BCUT2D eigenvalue weighted by Gasteiger charge is 2.37. The van der Waals surface area contributed by atoms with Gasteiger partial charge in [0.05, 0.1) is 17.3 Å². The van der Waals surface area contributed by atoms with Crippen molar-refractivity contribution in [2.24, 2.45) is 16.8 Å². The van der Waals surface area contributed by atoms with Crippen LogP contribution in [0, 0.1) is 5.92 Å². The number of hydrazine groups is 1. The number of hydrogen-bond acceptors (Lipinski definition) is 5. The molecule has 3 aliphatic rings. The second-order valence-corrected chi connectivity index (χ2v) is 3.47. The molecule has 0 bridgehead atoms. The highest BCUT2D eigenvalue weighted by Crippen LogP contribution is 2.30. The zero-order valence-electron chi connectivity index (χ0n) is 7.74. The van der Waals surface area contributed by atoms with Crippen molar-refractivity contribution in [2.45, 2.75) is 0 Å². The van der Waals surface area contributed by atoms with Crippen LogP contribution in [0.2, 0.25) is 0 Å². The van der Waals surface area contributed by atoms with Gasteiger partial charge in [-0.1, -0.05) is 12.2 Å². The predicted octanol–water partition coefficient (Wildman–Crippen LogP) is -1.18. The van der Waals surface area contributed by atoms with Gasteiger partial charge in [-0.15, -0.1) is 0 Å². The number of carbonyl (C=O) groups excluding carboxylic acids is 1. The van der Waals surface area contributed by atoms with Crippen molar-refractivity contribution >= 4 is 11.6 Å². The molecule has 6 heteroatoms. The molecule has 0 aromatic rings. The van der Waals surface area contributed by atoms with Gasteiger partial charge in [-0.3, -0.25) is 21.1 Å². The minimum atomic E-state index is -0.182. The average molecular weight is 203 g/mol. The molecule has 0 saturated carbocycles. The standard InChI is InChI=1S/C9H9N5O/c10-8-7-6-4(9(15)14-13-8)2-1-3-5(6)11-12-7/h1-3,6,12-13H,10H2,(H,14,15). The van der Waals surface area contributed by atoms with E-state index in [2.05, 4.69) is 21.4 Å². The number of nitrogens with two attached hydrogens (primary N) is 1. The van der Waals surface area contributed by atoms with E-state index in [4.69, 9.17) is 5.73 Å². The zero-order valence-corrected chi connectivity index (χ0v) is 7.74. The summed E-state index contributed by atoms with van der Waals surface area (Å²) in [4.78, 5) is 11.7. The van der Waals surface area contributed by atoms with Gasteiger partial charge in [-0.2, -0.15) is 5.10 Å². The number of carbonyl (C=O) groups is 1. The second-order valence-electron chi connectivity index (χ2n) is 3.47. The topological polar surface area (TPSA) is 91.5 Å². The fourth-order valence-corrected chi connectivity index (χ4v) is 1.88. The molecule has 0 aromatic heterocycles. The summed E-state index contributed by atoms with van der Waals surface area (Å²) >= 11 is 0. The van der Waals surface area contributed by atoms with Crippen LogP contribution in [0.15, 0.2) is 40.4 Å². The van der Waals surface area contributed by atoms with Gasteiger partial charge in [0.15, 0.2) is 0 Å². The Morgan fingerprint density at radius 3 is 3.13 bits per heavy atom. The van der Waals surface area contributed by atoms with Gasteiger partial charge >= 0.3 is 0 Å².